The molecule has 0 radical (unpaired) electrons. The van der Waals surface area contributed by atoms with Gasteiger partial charge in [-0.2, -0.15) is 0 Å². The van der Waals surface area contributed by atoms with Gasteiger partial charge in [0.15, 0.2) is 6.04 Å². The van der Waals surface area contributed by atoms with Gasteiger partial charge in [0.2, 0.25) is 5.91 Å². The highest BCUT2D eigenvalue weighted by Gasteiger charge is 2.46. The lowest BCUT2D eigenvalue weighted by Crippen LogP contribution is -3.29. The molecule has 1 atom stereocenters. The van der Waals surface area contributed by atoms with Crippen molar-refractivity contribution in [1.29, 1.82) is 0 Å². The molecule has 3 fully saturated rings. The molecule has 7 heteroatoms. The Balaban J connectivity index is 1.46. The minimum atomic E-state index is -0.213. The molecule has 4 rings (SSSR count). The van der Waals surface area contributed by atoms with E-state index in [4.69, 9.17) is 4.74 Å². The van der Waals surface area contributed by atoms with Gasteiger partial charge in [-0.25, -0.2) is 4.90 Å². The van der Waals surface area contributed by atoms with Gasteiger partial charge in [0.1, 0.15) is 26.2 Å². The van der Waals surface area contributed by atoms with E-state index in [1.165, 1.54) is 14.7 Å². The van der Waals surface area contributed by atoms with E-state index in [0.29, 0.717) is 12.1 Å². The minimum Gasteiger partial charge on any atom is -0.378 e. The average molecular weight is 360 g/mol. The number of nitrogens with one attached hydrogen (secondary N) is 2. The number of nitrogens with zero attached hydrogens (tertiary/aromatic N) is 2. The van der Waals surface area contributed by atoms with Crippen molar-refractivity contribution in [3.63, 3.8) is 0 Å². The maximum Gasteiger partial charge on any atom is 0.292 e. The van der Waals surface area contributed by atoms with Crippen LogP contribution in [0.1, 0.15) is 6.42 Å². The second-order valence-electron chi connectivity index (χ2n) is 7.56. The second kappa shape index (κ2) is 7.34. The highest BCUT2D eigenvalue weighted by atomic mass is 16.5. The number of rotatable bonds is 3. The van der Waals surface area contributed by atoms with Crippen molar-refractivity contribution in [3.8, 4) is 0 Å². The standard InChI is InChI=1S/C19H26N4O3/c1-20-6-8-22(9-7-20)17-14-18(24)23(19(17)25)16-4-2-15(3-5-16)21-10-12-26-13-11-21/h2-5,17H,6-14H2,1H3/p+2/t17-/m0/s1. The predicted molar refractivity (Wildman–Crippen MR) is 97.7 cm³/mol. The van der Waals surface area contributed by atoms with E-state index in [2.05, 4.69) is 11.9 Å². The van der Waals surface area contributed by atoms with Crippen molar-refractivity contribution in [2.24, 2.45) is 0 Å². The number of benzene rings is 1. The zero-order chi connectivity index (χ0) is 18.1. The Hall–Kier alpha value is -1.96. The van der Waals surface area contributed by atoms with Gasteiger partial charge >= 0.3 is 0 Å². The van der Waals surface area contributed by atoms with E-state index in [0.717, 1.165) is 58.2 Å². The summed E-state index contributed by atoms with van der Waals surface area (Å²) < 4.78 is 5.39. The van der Waals surface area contributed by atoms with Crippen molar-refractivity contribution in [3.05, 3.63) is 24.3 Å². The van der Waals surface area contributed by atoms with E-state index >= 15 is 0 Å². The first-order valence-electron chi connectivity index (χ1n) is 9.59. The smallest absolute Gasteiger partial charge is 0.292 e. The number of hydrogen-bond acceptors (Lipinski definition) is 4. The summed E-state index contributed by atoms with van der Waals surface area (Å²) in [4.78, 5) is 31.9. The Labute approximate surface area is 154 Å². The maximum atomic E-state index is 12.9. The fourth-order valence-corrected chi connectivity index (χ4v) is 4.20. The van der Waals surface area contributed by atoms with E-state index < -0.39 is 0 Å². The van der Waals surface area contributed by atoms with Gasteiger partial charge in [-0.1, -0.05) is 0 Å². The number of amides is 2. The van der Waals surface area contributed by atoms with Crippen molar-refractivity contribution >= 4 is 23.2 Å². The van der Waals surface area contributed by atoms with Crippen LogP contribution in [0.2, 0.25) is 0 Å². The summed E-state index contributed by atoms with van der Waals surface area (Å²) in [5.41, 5.74) is 1.80. The molecule has 0 spiro atoms. The van der Waals surface area contributed by atoms with Crippen LogP contribution in [-0.2, 0) is 14.3 Å². The quantitative estimate of drug-likeness (QED) is 0.589. The lowest BCUT2D eigenvalue weighted by Gasteiger charge is -2.30. The first-order valence-corrected chi connectivity index (χ1v) is 9.59. The lowest BCUT2D eigenvalue weighted by molar-refractivity contribution is -1.01. The number of morpholine rings is 1. The van der Waals surface area contributed by atoms with Crippen LogP contribution in [0.15, 0.2) is 24.3 Å². The highest BCUT2D eigenvalue weighted by molar-refractivity contribution is 6.21. The summed E-state index contributed by atoms with van der Waals surface area (Å²) in [6.07, 6.45) is 0.332. The van der Waals surface area contributed by atoms with Gasteiger partial charge in [-0.3, -0.25) is 9.59 Å². The summed E-state index contributed by atoms with van der Waals surface area (Å²) in [6, 6.07) is 7.58. The van der Waals surface area contributed by atoms with E-state index in [-0.39, 0.29) is 17.9 Å². The molecule has 1 aromatic carbocycles. The average Bonchev–Trinajstić information content (AvgIpc) is 2.97. The van der Waals surface area contributed by atoms with Gasteiger partial charge in [-0.15, -0.1) is 0 Å². The van der Waals surface area contributed by atoms with Crippen LogP contribution >= 0.6 is 0 Å². The topological polar surface area (TPSA) is 58.7 Å². The number of piperazine rings is 1. The van der Waals surface area contributed by atoms with Crippen LogP contribution in [0.5, 0.6) is 0 Å². The Kier molecular flexibility index (Phi) is 4.93. The number of imide groups is 1. The molecule has 2 N–H and O–H groups in total. The third-order valence-electron chi connectivity index (χ3n) is 5.87. The molecule has 3 saturated heterocycles. The summed E-state index contributed by atoms with van der Waals surface area (Å²) >= 11 is 0. The molecule has 0 aromatic heterocycles. The molecule has 140 valence electrons. The summed E-state index contributed by atoms with van der Waals surface area (Å²) in [6.45, 7) is 7.25. The third kappa shape index (κ3) is 3.34. The summed E-state index contributed by atoms with van der Waals surface area (Å²) in [7, 11) is 2.18. The van der Waals surface area contributed by atoms with Gasteiger partial charge in [0.25, 0.3) is 5.91 Å². The van der Waals surface area contributed by atoms with Crippen LogP contribution in [0.4, 0.5) is 11.4 Å². The fraction of sp³-hybridized carbons (Fsp3) is 0.579. The van der Waals surface area contributed by atoms with Crippen molar-refractivity contribution < 1.29 is 24.1 Å². The summed E-state index contributed by atoms with van der Waals surface area (Å²) in [5.74, 6) is -0.110. The number of carbonyl (C=O) groups is 2. The minimum absolute atomic E-state index is 0.0383. The Morgan fingerprint density at radius 2 is 1.58 bits per heavy atom. The fourth-order valence-electron chi connectivity index (χ4n) is 4.20. The maximum absolute atomic E-state index is 12.9. The highest BCUT2D eigenvalue weighted by Crippen LogP contribution is 2.25. The second-order valence-corrected chi connectivity index (χ2v) is 7.56. The SMILES string of the molecule is C[NH+]1CC[NH+]([C@H]2CC(=O)N(c3ccc(N4CCOCC4)cc3)C2=O)CC1. The van der Waals surface area contributed by atoms with Crippen molar-refractivity contribution in [1.82, 2.24) is 0 Å². The van der Waals surface area contributed by atoms with E-state index in [1.807, 2.05) is 24.3 Å². The molecule has 3 aliphatic heterocycles. The Morgan fingerprint density at radius 3 is 2.23 bits per heavy atom. The Morgan fingerprint density at radius 1 is 0.962 bits per heavy atom. The van der Waals surface area contributed by atoms with Crippen LogP contribution < -0.4 is 19.6 Å². The molecule has 1 aromatic rings. The third-order valence-corrected chi connectivity index (χ3v) is 5.87. The van der Waals surface area contributed by atoms with E-state index in [9.17, 15) is 9.59 Å². The molecule has 26 heavy (non-hydrogen) atoms. The normalized spacial score (nSPS) is 30.1. The first kappa shape index (κ1) is 17.5. The van der Waals surface area contributed by atoms with Gasteiger partial charge in [-0.05, 0) is 24.3 Å². The molecule has 3 aliphatic rings. The molecule has 0 unspecified atom stereocenters. The number of likely N-dealkylation sites (N-methyl/N-ethyl adjacent to an activating group) is 1. The monoisotopic (exact) mass is 360 g/mol. The first-order chi connectivity index (χ1) is 12.6. The molecule has 0 aliphatic carbocycles. The molecular weight excluding hydrogens is 332 g/mol. The number of hydrogen-bond donors (Lipinski definition) is 2. The van der Waals surface area contributed by atoms with Gasteiger partial charge < -0.3 is 19.4 Å². The van der Waals surface area contributed by atoms with Crippen molar-refractivity contribution in [2.75, 3.05) is 69.3 Å². The number of carbonyl (C=O) groups excluding carboxylic acids is 2. The number of anilines is 2. The van der Waals surface area contributed by atoms with Crippen LogP contribution in [-0.4, -0.2) is 77.4 Å². The summed E-state index contributed by atoms with van der Waals surface area (Å²) in [5, 5.41) is 0. The largest absolute Gasteiger partial charge is 0.378 e. The van der Waals surface area contributed by atoms with Crippen LogP contribution in [0, 0.1) is 0 Å². The van der Waals surface area contributed by atoms with Crippen LogP contribution in [0.3, 0.4) is 0 Å². The molecule has 3 heterocycles. The van der Waals surface area contributed by atoms with Crippen LogP contribution in [0.25, 0.3) is 0 Å². The number of ether oxygens (including phenoxy) is 1. The molecule has 2 amide bonds. The zero-order valence-corrected chi connectivity index (χ0v) is 15.4. The molecule has 0 bridgehead atoms. The number of quaternary nitrogens is 2. The molecular formula is C19H28N4O3+2. The van der Waals surface area contributed by atoms with Crippen molar-refractivity contribution in [2.45, 2.75) is 12.5 Å². The molecule has 7 nitrogen and oxygen atoms in total. The predicted octanol–water partition coefficient (Wildman–Crippen LogP) is -2.43. The Bertz CT molecular complexity index is 664. The lowest BCUT2D eigenvalue weighted by atomic mass is 10.2. The van der Waals surface area contributed by atoms with Gasteiger partial charge in [0, 0.05) is 18.8 Å². The zero-order valence-electron chi connectivity index (χ0n) is 15.4. The molecule has 0 saturated carbocycles. The van der Waals surface area contributed by atoms with Gasteiger partial charge in [0.05, 0.1) is 32.4 Å². The van der Waals surface area contributed by atoms with E-state index in [1.54, 1.807) is 0 Å².